The van der Waals surface area contributed by atoms with Gasteiger partial charge in [-0.05, 0) is 26.3 Å². The van der Waals surface area contributed by atoms with Gasteiger partial charge in [-0.3, -0.25) is 0 Å². The topological polar surface area (TPSA) is 21.3 Å². The van der Waals surface area contributed by atoms with Crippen LogP contribution < -0.4 is 5.32 Å². The summed E-state index contributed by atoms with van der Waals surface area (Å²) in [6, 6.07) is 8.99. The van der Waals surface area contributed by atoms with Crippen LogP contribution in [0.4, 0.5) is 0 Å². The van der Waals surface area contributed by atoms with E-state index in [2.05, 4.69) is 50.0 Å². The van der Waals surface area contributed by atoms with E-state index < -0.39 is 0 Å². The van der Waals surface area contributed by atoms with Gasteiger partial charge < -0.3 is 10.1 Å². The molecule has 0 aliphatic carbocycles. The molecule has 0 saturated heterocycles. The average molecular weight is 233 g/mol. The molecule has 0 fully saturated rings. The maximum Gasteiger partial charge on any atom is 0.0672 e. The second-order valence-corrected chi connectivity index (χ2v) is 4.60. The molecule has 1 atom stereocenters. The van der Waals surface area contributed by atoms with Crippen molar-refractivity contribution >= 4 is 0 Å². The van der Waals surface area contributed by atoms with Crippen molar-refractivity contribution in [3.63, 3.8) is 0 Å². The van der Waals surface area contributed by atoms with Gasteiger partial charge in [0.1, 0.15) is 0 Å². The molecule has 1 aromatic carbocycles. The fourth-order valence-corrected chi connectivity index (χ4v) is 1.57. The zero-order valence-electron chi connectivity index (χ0n) is 11.1. The van der Waals surface area contributed by atoms with Crippen LogP contribution in [-0.4, -0.2) is 19.8 Å². The Morgan fingerprint density at radius 3 is 2.59 bits per heavy atom. The lowest BCUT2D eigenvalue weighted by atomic mass is 10.1. The van der Waals surface area contributed by atoms with Gasteiger partial charge in [0, 0.05) is 12.6 Å². The molecule has 0 aromatic heterocycles. The molecule has 1 rings (SSSR count). The van der Waals surface area contributed by atoms with Gasteiger partial charge in [-0.1, -0.05) is 42.0 Å². The van der Waals surface area contributed by atoms with Gasteiger partial charge in [-0.2, -0.15) is 0 Å². The molecule has 17 heavy (non-hydrogen) atoms. The number of nitrogens with one attached hydrogen (secondary N) is 1. The molecule has 2 heteroatoms. The van der Waals surface area contributed by atoms with Crippen molar-refractivity contribution < 1.29 is 4.74 Å². The lowest BCUT2D eigenvalue weighted by molar-refractivity contribution is 0.156. The summed E-state index contributed by atoms with van der Waals surface area (Å²) in [5.74, 6) is 0. The summed E-state index contributed by atoms with van der Waals surface area (Å²) in [7, 11) is 0. The van der Waals surface area contributed by atoms with Crippen molar-refractivity contribution in [2.24, 2.45) is 0 Å². The molecule has 0 radical (unpaired) electrons. The summed E-state index contributed by atoms with van der Waals surface area (Å²) in [6.45, 7) is 12.3. The van der Waals surface area contributed by atoms with Crippen LogP contribution in [-0.2, 0) is 4.74 Å². The highest BCUT2D eigenvalue weighted by molar-refractivity contribution is 5.23. The lowest BCUT2D eigenvalue weighted by Gasteiger charge is -2.14. The van der Waals surface area contributed by atoms with Gasteiger partial charge in [0.15, 0.2) is 0 Å². The first-order valence-electron chi connectivity index (χ1n) is 6.11. The molecule has 0 spiro atoms. The van der Waals surface area contributed by atoms with Crippen LogP contribution in [0.25, 0.3) is 0 Å². The van der Waals surface area contributed by atoms with E-state index in [-0.39, 0.29) is 0 Å². The van der Waals surface area contributed by atoms with Crippen molar-refractivity contribution in [2.45, 2.75) is 26.8 Å². The monoisotopic (exact) mass is 233 g/mol. The molecule has 0 heterocycles. The van der Waals surface area contributed by atoms with E-state index >= 15 is 0 Å². The lowest BCUT2D eigenvalue weighted by Crippen LogP contribution is -2.23. The molecule has 0 aliphatic heterocycles. The van der Waals surface area contributed by atoms with E-state index in [1.807, 2.05) is 6.92 Å². The number of rotatable bonds is 7. The SMILES string of the molecule is C=C(C)COCCNC(C)c1ccc(C)cc1. The predicted octanol–water partition coefficient (Wildman–Crippen LogP) is 3.24. The van der Waals surface area contributed by atoms with Crippen molar-refractivity contribution in [2.75, 3.05) is 19.8 Å². The smallest absolute Gasteiger partial charge is 0.0672 e. The highest BCUT2D eigenvalue weighted by Crippen LogP contribution is 2.12. The zero-order chi connectivity index (χ0) is 12.7. The molecular weight excluding hydrogens is 210 g/mol. The van der Waals surface area contributed by atoms with Crippen LogP contribution in [0.3, 0.4) is 0 Å². The van der Waals surface area contributed by atoms with Crippen LogP contribution in [0, 0.1) is 6.92 Å². The Morgan fingerprint density at radius 2 is 2.00 bits per heavy atom. The van der Waals surface area contributed by atoms with E-state index in [4.69, 9.17) is 4.74 Å². The molecule has 2 nitrogen and oxygen atoms in total. The Balaban J connectivity index is 2.23. The van der Waals surface area contributed by atoms with Gasteiger partial charge in [-0.15, -0.1) is 0 Å². The normalized spacial score (nSPS) is 12.4. The second-order valence-electron chi connectivity index (χ2n) is 4.60. The minimum Gasteiger partial charge on any atom is -0.376 e. The maximum absolute atomic E-state index is 5.44. The van der Waals surface area contributed by atoms with Crippen LogP contribution >= 0.6 is 0 Å². The fraction of sp³-hybridized carbons (Fsp3) is 0.467. The van der Waals surface area contributed by atoms with Crippen molar-refractivity contribution in [3.05, 3.63) is 47.5 Å². The van der Waals surface area contributed by atoms with Gasteiger partial charge in [0.05, 0.1) is 13.2 Å². The van der Waals surface area contributed by atoms with Crippen molar-refractivity contribution in [3.8, 4) is 0 Å². The largest absolute Gasteiger partial charge is 0.376 e. The maximum atomic E-state index is 5.44. The second kappa shape index (κ2) is 7.25. The average Bonchev–Trinajstić information content (AvgIpc) is 2.29. The Bertz CT molecular complexity index is 342. The van der Waals surface area contributed by atoms with E-state index in [1.54, 1.807) is 0 Å². The Labute approximate surface area is 105 Å². The number of hydrogen-bond donors (Lipinski definition) is 1. The van der Waals surface area contributed by atoms with Gasteiger partial charge in [0.2, 0.25) is 0 Å². The third kappa shape index (κ3) is 5.66. The molecule has 1 unspecified atom stereocenters. The quantitative estimate of drug-likeness (QED) is 0.576. The van der Waals surface area contributed by atoms with Crippen molar-refractivity contribution in [1.29, 1.82) is 0 Å². The Morgan fingerprint density at radius 1 is 1.35 bits per heavy atom. The third-order valence-electron chi connectivity index (χ3n) is 2.62. The van der Waals surface area contributed by atoms with Crippen LogP contribution in [0.1, 0.15) is 31.0 Å². The number of aryl methyl sites for hydroxylation is 1. The highest BCUT2D eigenvalue weighted by Gasteiger charge is 2.03. The van der Waals surface area contributed by atoms with Crippen LogP contribution in [0.2, 0.25) is 0 Å². The van der Waals surface area contributed by atoms with Crippen LogP contribution in [0.5, 0.6) is 0 Å². The first kappa shape index (κ1) is 13.9. The van der Waals surface area contributed by atoms with E-state index in [9.17, 15) is 0 Å². The first-order chi connectivity index (χ1) is 8.09. The number of ether oxygens (including phenoxy) is 1. The standard InChI is InChI=1S/C15H23NO/c1-12(2)11-17-10-9-16-14(4)15-7-5-13(3)6-8-15/h5-8,14,16H,1,9-11H2,2-4H3. The Kier molecular flexibility index (Phi) is 5.95. The minimum atomic E-state index is 0.365. The van der Waals surface area contributed by atoms with Gasteiger partial charge >= 0.3 is 0 Å². The first-order valence-corrected chi connectivity index (χ1v) is 6.11. The molecular formula is C15H23NO. The molecule has 1 aromatic rings. The highest BCUT2D eigenvalue weighted by atomic mass is 16.5. The summed E-state index contributed by atoms with van der Waals surface area (Å²) >= 11 is 0. The molecule has 0 aliphatic rings. The molecule has 0 bridgehead atoms. The van der Waals surface area contributed by atoms with Gasteiger partial charge in [-0.25, -0.2) is 0 Å². The van der Waals surface area contributed by atoms with E-state index in [0.717, 1.165) is 18.7 Å². The summed E-state index contributed by atoms with van der Waals surface area (Å²) in [5.41, 5.74) is 3.68. The van der Waals surface area contributed by atoms with Gasteiger partial charge in [0.25, 0.3) is 0 Å². The summed E-state index contributed by atoms with van der Waals surface area (Å²) < 4.78 is 5.44. The summed E-state index contributed by atoms with van der Waals surface area (Å²) in [5, 5.41) is 3.44. The molecule has 1 N–H and O–H groups in total. The number of hydrogen-bond acceptors (Lipinski definition) is 2. The minimum absolute atomic E-state index is 0.365. The van der Waals surface area contributed by atoms with E-state index in [1.165, 1.54) is 11.1 Å². The zero-order valence-corrected chi connectivity index (χ0v) is 11.1. The van der Waals surface area contributed by atoms with Crippen molar-refractivity contribution in [1.82, 2.24) is 5.32 Å². The molecule has 0 amide bonds. The summed E-state index contributed by atoms with van der Waals surface area (Å²) in [4.78, 5) is 0. The predicted molar refractivity (Wildman–Crippen MR) is 73.2 cm³/mol. The molecule has 0 saturated carbocycles. The van der Waals surface area contributed by atoms with Crippen LogP contribution in [0.15, 0.2) is 36.4 Å². The molecule has 94 valence electrons. The fourth-order valence-electron chi connectivity index (χ4n) is 1.57. The Hall–Kier alpha value is -1.12. The van der Waals surface area contributed by atoms with E-state index in [0.29, 0.717) is 12.6 Å². The third-order valence-corrected chi connectivity index (χ3v) is 2.62. The summed E-state index contributed by atoms with van der Waals surface area (Å²) in [6.07, 6.45) is 0. The number of benzene rings is 1.